The van der Waals surface area contributed by atoms with Gasteiger partial charge in [0.25, 0.3) is 5.60 Å². The molecular formula is C13H12F6N2O. The van der Waals surface area contributed by atoms with Crippen LogP contribution in [0.15, 0.2) is 18.2 Å². The van der Waals surface area contributed by atoms with Crippen LogP contribution >= 0.6 is 0 Å². The largest absolute Gasteiger partial charge is 0.430 e. The number of fused-ring (bicyclic) bond motifs is 1. The van der Waals surface area contributed by atoms with Gasteiger partial charge in [-0.15, -0.1) is 0 Å². The van der Waals surface area contributed by atoms with E-state index in [4.69, 9.17) is 11.5 Å². The molecule has 0 fully saturated rings. The summed E-state index contributed by atoms with van der Waals surface area (Å²) >= 11 is 0. The van der Waals surface area contributed by atoms with Crippen molar-refractivity contribution < 1.29 is 31.4 Å². The molecule has 1 unspecified atom stereocenters. The van der Waals surface area contributed by atoms with Crippen molar-refractivity contribution in [3.8, 4) is 0 Å². The summed E-state index contributed by atoms with van der Waals surface area (Å²) < 4.78 is 77.4. The summed E-state index contributed by atoms with van der Waals surface area (Å²) in [5.41, 5.74) is 4.21. The van der Waals surface area contributed by atoms with E-state index >= 15 is 0 Å². The molecule has 0 aromatic heterocycles. The van der Waals surface area contributed by atoms with E-state index in [1.165, 1.54) is 12.2 Å². The topological polar surface area (TPSA) is 72.3 Å². The first kappa shape index (κ1) is 16.6. The van der Waals surface area contributed by atoms with Gasteiger partial charge in [0.15, 0.2) is 0 Å². The van der Waals surface area contributed by atoms with Gasteiger partial charge in [0.05, 0.1) is 0 Å². The standard InChI is InChI=1S/C13H12F6N2O/c14-12(15,16)11(22,13(17,18)19)8-5-4-6-7(10(8)21)2-1-3-9(6)20/h1-2,4-5,9,22H,3,20-21H2. The average Bonchev–Trinajstić information content (AvgIpc) is 2.37. The number of aliphatic hydroxyl groups is 1. The molecule has 0 saturated heterocycles. The van der Waals surface area contributed by atoms with Gasteiger partial charge in [-0.3, -0.25) is 0 Å². The highest BCUT2D eigenvalue weighted by Gasteiger charge is 2.72. The highest BCUT2D eigenvalue weighted by atomic mass is 19.4. The molecule has 1 aromatic rings. The zero-order chi connectivity index (χ0) is 16.9. The fourth-order valence-corrected chi connectivity index (χ4v) is 2.40. The number of rotatable bonds is 1. The van der Waals surface area contributed by atoms with Crippen LogP contribution in [0.5, 0.6) is 0 Å². The average molecular weight is 326 g/mol. The van der Waals surface area contributed by atoms with E-state index in [0.29, 0.717) is 18.1 Å². The molecular weight excluding hydrogens is 314 g/mol. The molecule has 22 heavy (non-hydrogen) atoms. The number of nitrogens with two attached hydrogens (primary N) is 2. The van der Waals surface area contributed by atoms with Crippen LogP contribution in [0.2, 0.25) is 0 Å². The summed E-state index contributed by atoms with van der Waals surface area (Å²) in [5, 5.41) is 9.42. The molecule has 1 aliphatic rings. The zero-order valence-electron chi connectivity index (χ0n) is 11.0. The molecule has 0 saturated carbocycles. The van der Waals surface area contributed by atoms with Crippen molar-refractivity contribution in [3.05, 3.63) is 34.9 Å². The summed E-state index contributed by atoms with van der Waals surface area (Å²) in [5.74, 6) is 0. The van der Waals surface area contributed by atoms with Gasteiger partial charge in [-0.25, -0.2) is 0 Å². The maximum Gasteiger partial charge on any atom is 0.430 e. The van der Waals surface area contributed by atoms with Crippen molar-refractivity contribution in [1.29, 1.82) is 0 Å². The molecule has 122 valence electrons. The maximum atomic E-state index is 12.9. The van der Waals surface area contributed by atoms with Crippen molar-refractivity contribution in [2.45, 2.75) is 30.4 Å². The molecule has 0 aliphatic heterocycles. The van der Waals surface area contributed by atoms with Crippen LogP contribution in [0.3, 0.4) is 0 Å². The first-order valence-corrected chi connectivity index (χ1v) is 6.12. The first-order chi connectivity index (χ1) is 9.91. The van der Waals surface area contributed by atoms with Crippen molar-refractivity contribution >= 4 is 11.8 Å². The lowest BCUT2D eigenvalue weighted by atomic mass is 9.84. The van der Waals surface area contributed by atoms with Crippen molar-refractivity contribution in [2.75, 3.05) is 5.73 Å². The fourth-order valence-electron chi connectivity index (χ4n) is 2.40. The Morgan fingerprint density at radius 3 is 2.09 bits per heavy atom. The lowest BCUT2D eigenvalue weighted by Crippen LogP contribution is -2.54. The van der Waals surface area contributed by atoms with Crippen molar-refractivity contribution in [2.24, 2.45) is 5.73 Å². The smallest absolute Gasteiger partial charge is 0.398 e. The number of halogens is 6. The Labute approximate surface area is 121 Å². The molecule has 0 amide bonds. The third-order valence-electron chi connectivity index (χ3n) is 3.61. The van der Waals surface area contributed by atoms with Crippen LogP contribution in [-0.4, -0.2) is 17.5 Å². The van der Waals surface area contributed by atoms with Gasteiger partial charge in [0.1, 0.15) is 0 Å². The number of hydrogen-bond acceptors (Lipinski definition) is 3. The number of anilines is 1. The third kappa shape index (κ3) is 2.24. The van der Waals surface area contributed by atoms with Crippen LogP contribution in [0, 0.1) is 0 Å². The minimum absolute atomic E-state index is 0.0387. The van der Waals surface area contributed by atoms with Gasteiger partial charge >= 0.3 is 12.4 Å². The quantitative estimate of drug-likeness (QED) is 0.549. The van der Waals surface area contributed by atoms with Gasteiger partial charge < -0.3 is 16.6 Å². The summed E-state index contributed by atoms with van der Waals surface area (Å²) in [7, 11) is 0. The molecule has 3 nitrogen and oxygen atoms in total. The number of hydrogen-bond donors (Lipinski definition) is 3. The molecule has 5 N–H and O–H groups in total. The van der Waals surface area contributed by atoms with Gasteiger partial charge in [-0.2, -0.15) is 26.3 Å². The van der Waals surface area contributed by atoms with Crippen LogP contribution in [0.25, 0.3) is 6.08 Å². The van der Waals surface area contributed by atoms with Crippen molar-refractivity contribution in [1.82, 2.24) is 0 Å². The number of benzene rings is 1. The summed E-state index contributed by atoms with van der Waals surface area (Å²) in [4.78, 5) is 0. The van der Waals surface area contributed by atoms with E-state index < -0.39 is 35.2 Å². The van der Waals surface area contributed by atoms with E-state index in [1.54, 1.807) is 0 Å². The Balaban J connectivity index is 2.74. The lowest BCUT2D eigenvalue weighted by Gasteiger charge is -2.34. The SMILES string of the molecule is Nc1c(C(O)(C(F)(F)F)C(F)(F)F)ccc2c1C=CCC2N. The molecule has 2 rings (SSSR count). The molecule has 1 aliphatic carbocycles. The minimum atomic E-state index is -5.98. The van der Waals surface area contributed by atoms with Crippen LogP contribution in [-0.2, 0) is 5.60 Å². The second kappa shape index (κ2) is 4.88. The highest BCUT2D eigenvalue weighted by molar-refractivity contribution is 5.74. The van der Waals surface area contributed by atoms with E-state index in [0.717, 1.165) is 6.07 Å². The Hall–Kier alpha value is -1.74. The Bertz CT molecular complexity index is 606. The Kier molecular flexibility index (Phi) is 3.69. The lowest BCUT2D eigenvalue weighted by molar-refractivity contribution is -0.376. The minimum Gasteiger partial charge on any atom is -0.398 e. The predicted octanol–water partition coefficient (Wildman–Crippen LogP) is 3.00. The molecule has 1 atom stereocenters. The van der Waals surface area contributed by atoms with E-state index in [9.17, 15) is 31.4 Å². The van der Waals surface area contributed by atoms with Crippen LogP contribution < -0.4 is 11.5 Å². The van der Waals surface area contributed by atoms with Crippen LogP contribution in [0.1, 0.15) is 29.2 Å². The maximum absolute atomic E-state index is 12.9. The first-order valence-electron chi connectivity index (χ1n) is 6.12. The molecule has 1 aromatic carbocycles. The monoisotopic (exact) mass is 326 g/mol. The zero-order valence-corrected chi connectivity index (χ0v) is 11.0. The summed E-state index contributed by atoms with van der Waals surface area (Å²) in [6, 6.07) is 0.965. The van der Waals surface area contributed by atoms with E-state index in [-0.39, 0.29) is 5.56 Å². The molecule has 0 bridgehead atoms. The van der Waals surface area contributed by atoms with E-state index in [1.807, 2.05) is 0 Å². The van der Waals surface area contributed by atoms with Gasteiger partial charge in [0, 0.05) is 22.9 Å². The van der Waals surface area contributed by atoms with Gasteiger partial charge in [-0.05, 0) is 12.0 Å². The molecule has 0 spiro atoms. The number of nitrogen functional groups attached to an aromatic ring is 1. The number of alkyl halides is 6. The molecule has 0 radical (unpaired) electrons. The highest BCUT2D eigenvalue weighted by Crippen LogP contribution is 2.52. The predicted molar refractivity (Wildman–Crippen MR) is 67.4 cm³/mol. The summed E-state index contributed by atoms with van der Waals surface area (Å²) in [6.07, 6.45) is -8.78. The Morgan fingerprint density at radius 2 is 1.59 bits per heavy atom. The van der Waals surface area contributed by atoms with Crippen LogP contribution in [0.4, 0.5) is 32.0 Å². The van der Waals surface area contributed by atoms with Gasteiger partial charge in [-0.1, -0.05) is 24.3 Å². The normalized spacial score (nSPS) is 19.2. The second-order valence-electron chi connectivity index (χ2n) is 4.98. The van der Waals surface area contributed by atoms with Crippen molar-refractivity contribution in [3.63, 3.8) is 0 Å². The summed E-state index contributed by atoms with van der Waals surface area (Å²) in [6.45, 7) is 0. The molecule has 9 heteroatoms. The molecule has 0 heterocycles. The Morgan fingerprint density at radius 1 is 1.05 bits per heavy atom. The fraction of sp³-hybridized carbons (Fsp3) is 0.385. The van der Waals surface area contributed by atoms with Gasteiger partial charge in [0.2, 0.25) is 0 Å². The van der Waals surface area contributed by atoms with E-state index in [2.05, 4.69) is 0 Å². The third-order valence-corrected chi connectivity index (χ3v) is 3.61. The second-order valence-corrected chi connectivity index (χ2v) is 4.98.